The quantitative estimate of drug-likeness (QED) is 0.853. The predicted octanol–water partition coefficient (Wildman–Crippen LogP) is 2.61. The number of thiophene rings is 2. The molecule has 0 fully saturated rings. The highest BCUT2D eigenvalue weighted by Crippen LogP contribution is 2.18. The van der Waals surface area contributed by atoms with Crippen LogP contribution in [0.3, 0.4) is 0 Å². The molecular weight excluding hydrogens is 288 g/mol. The fraction of sp³-hybridized carbons (Fsp3) is 0.267. The first-order valence-corrected chi connectivity index (χ1v) is 8.11. The van der Waals surface area contributed by atoms with Crippen molar-refractivity contribution in [3.8, 4) is 11.8 Å². The van der Waals surface area contributed by atoms with Gasteiger partial charge in [0.05, 0.1) is 18.0 Å². The van der Waals surface area contributed by atoms with Crippen LogP contribution in [0, 0.1) is 11.8 Å². The van der Waals surface area contributed by atoms with Crippen molar-refractivity contribution < 1.29 is 4.79 Å². The predicted molar refractivity (Wildman–Crippen MR) is 85.1 cm³/mol. The third-order valence-electron chi connectivity index (χ3n) is 2.75. The van der Waals surface area contributed by atoms with Crippen LogP contribution in [0.25, 0.3) is 0 Å². The molecule has 1 amide bonds. The number of amides is 1. The Kier molecular flexibility index (Phi) is 5.36. The minimum absolute atomic E-state index is 0.000146. The normalized spacial score (nSPS) is 9.90. The average Bonchev–Trinajstić information content (AvgIpc) is 3.11. The zero-order valence-corrected chi connectivity index (χ0v) is 12.9. The number of hydrogen-bond acceptors (Lipinski definition) is 4. The number of carbonyl (C=O) groups is 1. The fourth-order valence-corrected chi connectivity index (χ4v) is 3.42. The van der Waals surface area contributed by atoms with E-state index in [1.54, 1.807) is 11.3 Å². The molecule has 104 valence electrons. The highest BCUT2D eigenvalue weighted by atomic mass is 32.1. The van der Waals surface area contributed by atoms with E-state index >= 15 is 0 Å². The lowest BCUT2D eigenvalue weighted by atomic mass is 10.2. The average molecular weight is 304 g/mol. The first-order valence-electron chi connectivity index (χ1n) is 6.35. The van der Waals surface area contributed by atoms with Crippen molar-refractivity contribution in [1.29, 1.82) is 0 Å². The van der Waals surface area contributed by atoms with Gasteiger partial charge in [0.1, 0.15) is 0 Å². The van der Waals surface area contributed by atoms with E-state index in [0.29, 0.717) is 13.1 Å². The molecule has 0 aliphatic carbocycles. The molecule has 0 aliphatic rings. The molecule has 3 N–H and O–H groups in total. The molecule has 0 unspecified atom stereocenters. The van der Waals surface area contributed by atoms with Crippen molar-refractivity contribution in [3.63, 3.8) is 0 Å². The lowest BCUT2D eigenvalue weighted by molar-refractivity contribution is 0.0954. The molecule has 0 atom stereocenters. The summed E-state index contributed by atoms with van der Waals surface area (Å²) in [5, 5.41) is 6.89. The van der Waals surface area contributed by atoms with Crippen LogP contribution in [0.4, 0.5) is 0 Å². The van der Waals surface area contributed by atoms with Crippen molar-refractivity contribution in [3.05, 3.63) is 43.8 Å². The van der Waals surface area contributed by atoms with Crippen molar-refractivity contribution in [2.75, 3.05) is 6.54 Å². The summed E-state index contributed by atoms with van der Waals surface area (Å²) in [6, 6.07) is 3.99. The SMILES string of the molecule is CCc1ccsc1C(=O)NCc1cc(C#CCN)cs1. The Morgan fingerprint density at radius 2 is 2.30 bits per heavy atom. The van der Waals surface area contributed by atoms with Gasteiger partial charge in [-0.25, -0.2) is 0 Å². The van der Waals surface area contributed by atoms with Crippen LogP contribution in [0.15, 0.2) is 22.9 Å². The highest BCUT2D eigenvalue weighted by Gasteiger charge is 2.11. The Hall–Kier alpha value is -1.61. The second-order valence-corrected chi connectivity index (χ2v) is 6.03. The van der Waals surface area contributed by atoms with Gasteiger partial charge in [-0.15, -0.1) is 22.7 Å². The van der Waals surface area contributed by atoms with Gasteiger partial charge in [0.25, 0.3) is 5.91 Å². The van der Waals surface area contributed by atoms with E-state index in [-0.39, 0.29) is 5.91 Å². The minimum atomic E-state index is -0.000146. The lowest BCUT2D eigenvalue weighted by Gasteiger charge is -2.03. The Labute approximate surface area is 126 Å². The molecule has 0 radical (unpaired) electrons. The Morgan fingerprint density at radius 1 is 1.45 bits per heavy atom. The van der Waals surface area contributed by atoms with E-state index in [9.17, 15) is 4.79 Å². The van der Waals surface area contributed by atoms with Crippen LogP contribution >= 0.6 is 22.7 Å². The molecule has 0 aromatic carbocycles. The van der Waals surface area contributed by atoms with Crippen molar-refractivity contribution in [2.24, 2.45) is 5.73 Å². The zero-order chi connectivity index (χ0) is 14.4. The summed E-state index contributed by atoms with van der Waals surface area (Å²) in [5.41, 5.74) is 7.40. The second-order valence-electron chi connectivity index (χ2n) is 4.12. The number of rotatable bonds is 4. The number of nitrogens with two attached hydrogens (primary N) is 1. The standard InChI is InChI=1S/C15H16N2OS2/c1-2-12-5-7-19-14(12)15(18)17-9-13-8-11(10-20-13)4-3-6-16/h5,7-8,10H,2,6,9,16H2,1H3,(H,17,18). The smallest absolute Gasteiger partial charge is 0.261 e. The van der Waals surface area contributed by atoms with Gasteiger partial charge < -0.3 is 11.1 Å². The molecule has 0 spiro atoms. The van der Waals surface area contributed by atoms with Crippen molar-refractivity contribution in [2.45, 2.75) is 19.9 Å². The molecule has 2 aromatic heterocycles. The van der Waals surface area contributed by atoms with E-state index in [1.807, 2.05) is 22.9 Å². The van der Waals surface area contributed by atoms with E-state index in [0.717, 1.165) is 27.3 Å². The summed E-state index contributed by atoms with van der Waals surface area (Å²) in [6.45, 7) is 2.95. The second kappa shape index (κ2) is 7.25. The molecule has 5 heteroatoms. The summed E-state index contributed by atoms with van der Waals surface area (Å²) >= 11 is 3.08. The monoisotopic (exact) mass is 304 g/mol. The first-order chi connectivity index (χ1) is 9.74. The molecule has 0 saturated heterocycles. The lowest BCUT2D eigenvalue weighted by Crippen LogP contribution is -2.22. The van der Waals surface area contributed by atoms with Crippen LogP contribution in [-0.4, -0.2) is 12.5 Å². The van der Waals surface area contributed by atoms with Gasteiger partial charge >= 0.3 is 0 Å². The van der Waals surface area contributed by atoms with E-state index in [2.05, 4.69) is 24.1 Å². The minimum Gasteiger partial charge on any atom is -0.346 e. The van der Waals surface area contributed by atoms with Crippen LogP contribution in [0.1, 0.15) is 32.6 Å². The van der Waals surface area contributed by atoms with E-state index in [4.69, 9.17) is 5.73 Å². The number of aryl methyl sites for hydroxylation is 1. The fourth-order valence-electron chi connectivity index (χ4n) is 1.75. The molecule has 0 saturated carbocycles. The van der Waals surface area contributed by atoms with E-state index in [1.165, 1.54) is 11.3 Å². The van der Waals surface area contributed by atoms with Gasteiger partial charge in [0, 0.05) is 15.8 Å². The third-order valence-corrected chi connectivity index (χ3v) is 4.64. The highest BCUT2D eigenvalue weighted by molar-refractivity contribution is 7.12. The van der Waals surface area contributed by atoms with Crippen LogP contribution in [0.5, 0.6) is 0 Å². The molecule has 20 heavy (non-hydrogen) atoms. The summed E-state index contributed by atoms with van der Waals surface area (Å²) in [7, 11) is 0. The van der Waals surface area contributed by atoms with Gasteiger partial charge in [-0.2, -0.15) is 0 Å². The Bertz CT molecular complexity index is 646. The topological polar surface area (TPSA) is 55.1 Å². The molecule has 0 bridgehead atoms. The van der Waals surface area contributed by atoms with Gasteiger partial charge in [-0.1, -0.05) is 18.8 Å². The first kappa shape index (κ1) is 14.8. The molecule has 2 rings (SSSR count). The number of nitrogens with one attached hydrogen (secondary N) is 1. The molecule has 2 heterocycles. The van der Waals surface area contributed by atoms with Gasteiger partial charge in [0.2, 0.25) is 0 Å². The van der Waals surface area contributed by atoms with Crippen LogP contribution < -0.4 is 11.1 Å². The van der Waals surface area contributed by atoms with Gasteiger partial charge in [-0.3, -0.25) is 4.79 Å². The molecular formula is C15H16N2OS2. The van der Waals surface area contributed by atoms with Crippen molar-refractivity contribution >= 4 is 28.6 Å². The summed E-state index contributed by atoms with van der Waals surface area (Å²) in [4.78, 5) is 14.0. The molecule has 0 aliphatic heterocycles. The zero-order valence-electron chi connectivity index (χ0n) is 11.2. The Balaban J connectivity index is 1.95. The molecule has 3 nitrogen and oxygen atoms in total. The largest absolute Gasteiger partial charge is 0.346 e. The maximum Gasteiger partial charge on any atom is 0.261 e. The number of carbonyl (C=O) groups excluding carboxylic acids is 1. The van der Waals surface area contributed by atoms with Gasteiger partial charge in [-0.05, 0) is 29.5 Å². The maximum atomic E-state index is 12.1. The summed E-state index contributed by atoms with van der Waals surface area (Å²) in [5.74, 6) is 5.80. The van der Waals surface area contributed by atoms with Crippen LogP contribution in [-0.2, 0) is 13.0 Å². The summed E-state index contributed by atoms with van der Waals surface area (Å²) < 4.78 is 0. The maximum absolute atomic E-state index is 12.1. The molecule has 2 aromatic rings. The van der Waals surface area contributed by atoms with Crippen molar-refractivity contribution in [1.82, 2.24) is 5.32 Å². The Morgan fingerprint density at radius 3 is 3.05 bits per heavy atom. The summed E-state index contributed by atoms with van der Waals surface area (Å²) in [6.07, 6.45) is 0.879. The van der Waals surface area contributed by atoms with E-state index < -0.39 is 0 Å². The van der Waals surface area contributed by atoms with Crippen LogP contribution in [0.2, 0.25) is 0 Å². The third kappa shape index (κ3) is 3.70. The number of hydrogen-bond donors (Lipinski definition) is 2. The van der Waals surface area contributed by atoms with Gasteiger partial charge in [0.15, 0.2) is 0 Å².